The predicted octanol–water partition coefficient (Wildman–Crippen LogP) is 2.24. The molecule has 1 saturated heterocycles. The predicted molar refractivity (Wildman–Crippen MR) is 79.7 cm³/mol. The molecule has 1 aromatic carbocycles. The van der Waals surface area contributed by atoms with Crippen molar-refractivity contribution in [2.45, 2.75) is 6.54 Å². The minimum absolute atomic E-state index is 0.0946. The van der Waals surface area contributed by atoms with Crippen molar-refractivity contribution < 1.29 is 9.18 Å². The zero-order valence-corrected chi connectivity index (χ0v) is 12.4. The Morgan fingerprint density at radius 1 is 1.29 bits per heavy atom. The molecular formula is C15H16FN3OS. The van der Waals surface area contributed by atoms with Gasteiger partial charge in [-0.2, -0.15) is 0 Å². The van der Waals surface area contributed by atoms with Crippen LogP contribution in [0.5, 0.6) is 0 Å². The van der Waals surface area contributed by atoms with Crippen molar-refractivity contribution in [2.24, 2.45) is 0 Å². The smallest absolute Gasteiger partial charge is 0.254 e. The molecule has 21 heavy (non-hydrogen) atoms. The van der Waals surface area contributed by atoms with E-state index in [1.165, 1.54) is 12.1 Å². The van der Waals surface area contributed by atoms with Crippen LogP contribution in [0.4, 0.5) is 4.39 Å². The Kier molecular flexibility index (Phi) is 4.26. The zero-order chi connectivity index (χ0) is 14.7. The Balaban J connectivity index is 1.57. The molecule has 1 amide bonds. The molecule has 2 aromatic rings. The molecule has 0 radical (unpaired) electrons. The lowest BCUT2D eigenvalue weighted by Gasteiger charge is -2.34. The summed E-state index contributed by atoms with van der Waals surface area (Å²) < 4.78 is 13.2. The maximum absolute atomic E-state index is 13.2. The molecule has 4 nitrogen and oxygen atoms in total. The number of carbonyl (C=O) groups excluding carboxylic acids is 1. The molecule has 2 heterocycles. The number of aromatic nitrogens is 1. The zero-order valence-electron chi connectivity index (χ0n) is 11.5. The molecule has 110 valence electrons. The van der Waals surface area contributed by atoms with Gasteiger partial charge in [0, 0.05) is 43.7 Å². The van der Waals surface area contributed by atoms with E-state index in [9.17, 15) is 9.18 Å². The lowest BCUT2D eigenvalue weighted by Crippen LogP contribution is -2.48. The van der Waals surface area contributed by atoms with Crippen molar-refractivity contribution >= 4 is 17.2 Å². The number of nitrogens with zero attached hydrogens (tertiary/aromatic N) is 3. The average molecular weight is 305 g/mol. The molecular weight excluding hydrogens is 289 g/mol. The van der Waals surface area contributed by atoms with E-state index in [4.69, 9.17) is 0 Å². The number of hydrogen-bond donors (Lipinski definition) is 0. The molecule has 0 spiro atoms. The fourth-order valence-corrected chi connectivity index (χ4v) is 3.01. The molecule has 0 N–H and O–H groups in total. The molecule has 6 heteroatoms. The highest BCUT2D eigenvalue weighted by Crippen LogP contribution is 2.12. The van der Waals surface area contributed by atoms with Gasteiger partial charge in [-0.15, -0.1) is 11.3 Å². The van der Waals surface area contributed by atoms with Gasteiger partial charge in [-0.1, -0.05) is 6.07 Å². The molecule has 0 bridgehead atoms. The second-order valence-electron chi connectivity index (χ2n) is 5.06. The fourth-order valence-electron chi connectivity index (χ4n) is 2.46. The van der Waals surface area contributed by atoms with Crippen molar-refractivity contribution in [3.05, 3.63) is 52.2 Å². The third-order valence-electron chi connectivity index (χ3n) is 3.60. The summed E-state index contributed by atoms with van der Waals surface area (Å²) in [7, 11) is 0. The summed E-state index contributed by atoms with van der Waals surface area (Å²) in [6, 6.07) is 5.88. The molecule has 0 unspecified atom stereocenters. The van der Waals surface area contributed by atoms with Crippen LogP contribution in [0, 0.1) is 5.82 Å². The van der Waals surface area contributed by atoms with E-state index in [1.54, 1.807) is 28.4 Å². The van der Waals surface area contributed by atoms with Crippen LogP contribution in [0.2, 0.25) is 0 Å². The van der Waals surface area contributed by atoms with Crippen LogP contribution in [-0.2, 0) is 6.54 Å². The van der Waals surface area contributed by atoms with Crippen molar-refractivity contribution in [1.82, 2.24) is 14.8 Å². The molecule has 3 rings (SSSR count). The highest BCUT2D eigenvalue weighted by Gasteiger charge is 2.22. The lowest BCUT2D eigenvalue weighted by molar-refractivity contribution is 0.0627. The largest absolute Gasteiger partial charge is 0.336 e. The number of carbonyl (C=O) groups is 1. The second-order valence-corrected chi connectivity index (χ2v) is 5.78. The van der Waals surface area contributed by atoms with Crippen LogP contribution in [0.25, 0.3) is 0 Å². The van der Waals surface area contributed by atoms with Gasteiger partial charge in [-0.25, -0.2) is 9.37 Å². The molecule has 0 aliphatic carbocycles. The van der Waals surface area contributed by atoms with Crippen molar-refractivity contribution in [3.8, 4) is 0 Å². The lowest BCUT2D eigenvalue weighted by atomic mass is 10.1. The molecule has 1 fully saturated rings. The van der Waals surface area contributed by atoms with Gasteiger partial charge in [-0.3, -0.25) is 9.69 Å². The standard InChI is InChI=1S/C15H16FN3OS/c16-13-3-1-2-12(8-13)15(20)19-6-4-18(5-7-19)9-14-10-21-11-17-14/h1-3,8,10-11H,4-7,9H2. The number of amides is 1. The minimum atomic E-state index is -0.372. The first-order chi connectivity index (χ1) is 10.2. The Bertz CT molecular complexity index is 609. The third kappa shape index (κ3) is 3.46. The van der Waals surface area contributed by atoms with E-state index >= 15 is 0 Å². The van der Waals surface area contributed by atoms with Gasteiger partial charge in [-0.05, 0) is 18.2 Å². The first-order valence-corrected chi connectivity index (χ1v) is 7.81. The van der Waals surface area contributed by atoms with Crippen LogP contribution in [0.3, 0.4) is 0 Å². The summed E-state index contributed by atoms with van der Waals surface area (Å²) in [5.41, 5.74) is 3.33. The quantitative estimate of drug-likeness (QED) is 0.872. The normalized spacial score (nSPS) is 16.1. The van der Waals surface area contributed by atoms with Gasteiger partial charge >= 0.3 is 0 Å². The molecule has 1 aliphatic heterocycles. The van der Waals surface area contributed by atoms with E-state index < -0.39 is 0 Å². The number of benzene rings is 1. The van der Waals surface area contributed by atoms with E-state index in [0.717, 1.165) is 25.3 Å². The first-order valence-electron chi connectivity index (χ1n) is 6.86. The second kappa shape index (κ2) is 6.32. The van der Waals surface area contributed by atoms with Crippen molar-refractivity contribution in [1.29, 1.82) is 0 Å². The number of thiazole rings is 1. The third-order valence-corrected chi connectivity index (χ3v) is 4.24. The van der Waals surface area contributed by atoms with Gasteiger partial charge in [0.25, 0.3) is 5.91 Å². The topological polar surface area (TPSA) is 36.4 Å². The van der Waals surface area contributed by atoms with Gasteiger partial charge in [0.1, 0.15) is 5.82 Å². The summed E-state index contributed by atoms with van der Waals surface area (Å²) in [4.78, 5) is 20.6. The maximum atomic E-state index is 13.2. The van der Waals surface area contributed by atoms with Crippen LogP contribution in [-0.4, -0.2) is 46.9 Å². The van der Waals surface area contributed by atoms with Crippen LogP contribution >= 0.6 is 11.3 Å². The summed E-state index contributed by atoms with van der Waals surface area (Å²) in [5, 5.41) is 2.05. The number of halogens is 1. The SMILES string of the molecule is O=C(c1cccc(F)c1)N1CCN(Cc2cscn2)CC1. The summed E-state index contributed by atoms with van der Waals surface area (Å²) in [6.07, 6.45) is 0. The van der Waals surface area contributed by atoms with E-state index in [2.05, 4.69) is 9.88 Å². The highest BCUT2D eigenvalue weighted by molar-refractivity contribution is 7.07. The van der Waals surface area contributed by atoms with Crippen molar-refractivity contribution in [3.63, 3.8) is 0 Å². The minimum Gasteiger partial charge on any atom is -0.336 e. The van der Waals surface area contributed by atoms with Gasteiger partial charge in [0.2, 0.25) is 0 Å². The van der Waals surface area contributed by atoms with E-state index in [-0.39, 0.29) is 11.7 Å². The Labute approximate surface area is 126 Å². The Morgan fingerprint density at radius 3 is 2.76 bits per heavy atom. The Hall–Kier alpha value is -1.79. The molecule has 1 aliphatic rings. The molecule has 0 atom stereocenters. The number of rotatable bonds is 3. The highest BCUT2D eigenvalue weighted by atomic mass is 32.1. The maximum Gasteiger partial charge on any atom is 0.254 e. The van der Waals surface area contributed by atoms with Gasteiger partial charge in [0.05, 0.1) is 11.2 Å². The summed E-state index contributed by atoms with van der Waals surface area (Å²) in [5.74, 6) is -0.467. The summed E-state index contributed by atoms with van der Waals surface area (Å²) >= 11 is 1.59. The van der Waals surface area contributed by atoms with Crippen LogP contribution in [0.15, 0.2) is 35.2 Å². The van der Waals surface area contributed by atoms with Gasteiger partial charge in [0.15, 0.2) is 0 Å². The number of hydrogen-bond acceptors (Lipinski definition) is 4. The van der Waals surface area contributed by atoms with Crippen LogP contribution < -0.4 is 0 Å². The van der Waals surface area contributed by atoms with Gasteiger partial charge < -0.3 is 4.90 Å². The first kappa shape index (κ1) is 14.2. The fraction of sp³-hybridized carbons (Fsp3) is 0.333. The van der Waals surface area contributed by atoms with E-state index in [0.29, 0.717) is 18.7 Å². The van der Waals surface area contributed by atoms with Crippen molar-refractivity contribution in [2.75, 3.05) is 26.2 Å². The number of piperazine rings is 1. The summed E-state index contributed by atoms with van der Waals surface area (Å²) in [6.45, 7) is 3.79. The van der Waals surface area contributed by atoms with Crippen LogP contribution in [0.1, 0.15) is 16.1 Å². The molecule has 1 aromatic heterocycles. The molecule has 0 saturated carbocycles. The monoisotopic (exact) mass is 305 g/mol. The average Bonchev–Trinajstić information content (AvgIpc) is 3.00. The Morgan fingerprint density at radius 2 is 2.10 bits per heavy atom. The van der Waals surface area contributed by atoms with E-state index in [1.807, 2.05) is 10.9 Å².